The number of pyridine rings is 1. The Hall–Kier alpha value is -2.47. The highest BCUT2D eigenvalue weighted by Gasteiger charge is 2.25. The van der Waals surface area contributed by atoms with Crippen LogP contribution in [0.1, 0.15) is 18.9 Å². The van der Waals surface area contributed by atoms with Gasteiger partial charge in [0.2, 0.25) is 0 Å². The number of hydrogen-bond acceptors (Lipinski definition) is 4. The van der Waals surface area contributed by atoms with Crippen molar-refractivity contribution in [2.45, 2.75) is 25.9 Å². The SMILES string of the molecule is CCNC(=NCc1cccc(O)c1)NC1CCN(c2ncccc2Cl)C1. The van der Waals surface area contributed by atoms with Crippen LogP contribution in [0.2, 0.25) is 5.02 Å². The van der Waals surface area contributed by atoms with E-state index in [1.165, 1.54) is 0 Å². The van der Waals surface area contributed by atoms with Crippen LogP contribution in [0.25, 0.3) is 0 Å². The second-order valence-corrected chi connectivity index (χ2v) is 6.66. The first kappa shape index (κ1) is 18.3. The lowest BCUT2D eigenvalue weighted by molar-refractivity contribution is 0.474. The number of rotatable bonds is 5. The van der Waals surface area contributed by atoms with Crippen LogP contribution in [0.15, 0.2) is 47.6 Å². The van der Waals surface area contributed by atoms with Gasteiger partial charge >= 0.3 is 0 Å². The van der Waals surface area contributed by atoms with Crippen molar-refractivity contribution >= 4 is 23.4 Å². The van der Waals surface area contributed by atoms with E-state index in [4.69, 9.17) is 11.6 Å². The number of guanidine groups is 1. The summed E-state index contributed by atoms with van der Waals surface area (Å²) in [6, 6.07) is 11.1. The Morgan fingerprint density at radius 3 is 3.04 bits per heavy atom. The van der Waals surface area contributed by atoms with Gasteiger partial charge in [-0.25, -0.2) is 9.98 Å². The highest BCUT2D eigenvalue weighted by atomic mass is 35.5. The first-order valence-electron chi connectivity index (χ1n) is 8.84. The molecule has 1 aromatic carbocycles. The molecule has 0 bridgehead atoms. The maximum absolute atomic E-state index is 9.57. The molecule has 3 rings (SSSR count). The quantitative estimate of drug-likeness (QED) is 0.555. The number of benzene rings is 1. The van der Waals surface area contributed by atoms with E-state index in [-0.39, 0.29) is 11.8 Å². The van der Waals surface area contributed by atoms with Crippen LogP contribution in [0, 0.1) is 0 Å². The molecule has 26 heavy (non-hydrogen) atoms. The van der Waals surface area contributed by atoms with Crippen LogP contribution < -0.4 is 15.5 Å². The van der Waals surface area contributed by atoms with Gasteiger partial charge in [0, 0.05) is 31.9 Å². The van der Waals surface area contributed by atoms with Gasteiger partial charge in [-0.05, 0) is 43.2 Å². The summed E-state index contributed by atoms with van der Waals surface area (Å²) in [5, 5.41) is 17.0. The monoisotopic (exact) mass is 373 g/mol. The van der Waals surface area contributed by atoms with Crippen molar-refractivity contribution < 1.29 is 5.11 Å². The molecule has 2 aromatic rings. The minimum atomic E-state index is 0.259. The van der Waals surface area contributed by atoms with Gasteiger partial charge in [-0.15, -0.1) is 0 Å². The number of halogens is 1. The minimum absolute atomic E-state index is 0.259. The number of aromatic nitrogens is 1. The summed E-state index contributed by atoms with van der Waals surface area (Å²) < 4.78 is 0. The second kappa shape index (κ2) is 8.76. The normalized spacial score (nSPS) is 17.4. The highest BCUT2D eigenvalue weighted by Crippen LogP contribution is 2.25. The molecular weight excluding hydrogens is 350 g/mol. The van der Waals surface area contributed by atoms with E-state index < -0.39 is 0 Å². The molecular formula is C19H24ClN5O. The third kappa shape index (κ3) is 4.79. The van der Waals surface area contributed by atoms with Gasteiger partial charge in [0.1, 0.15) is 11.6 Å². The maximum atomic E-state index is 9.57. The fourth-order valence-electron chi connectivity index (χ4n) is 3.02. The van der Waals surface area contributed by atoms with Crippen molar-refractivity contribution in [1.82, 2.24) is 15.6 Å². The molecule has 1 atom stereocenters. The lowest BCUT2D eigenvalue weighted by atomic mass is 10.2. The molecule has 0 amide bonds. The predicted octanol–water partition coefficient (Wildman–Crippen LogP) is 2.77. The van der Waals surface area contributed by atoms with Crippen molar-refractivity contribution in [3.63, 3.8) is 0 Å². The molecule has 1 aliphatic heterocycles. The summed E-state index contributed by atoms with van der Waals surface area (Å²) in [5.74, 6) is 1.87. The topological polar surface area (TPSA) is 72.8 Å². The summed E-state index contributed by atoms with van der Waals surface area (Å²) in [6.45, 7) is 5.06. The third-order valence-corrected chi connectivity index (χ3v) is 4.54. The van der Waals surface area contributed by atoms with Gasteiger partial charge in [-0.2, -0.15) is 0 Å². The number of hydrogen-bond donors (Lipinski definition) is 3. The smallest absolute Gasteiger partial charge is 0.191 e. The van der Waals surface area contributed by atoms with E-state index >= 15 is 0 Å². The summed E-state index contributed by atoms with van der Waals surface area (Å²) in [5.41, 5.74) is 0.968. The van der Waals surface area contributed by atoms with Crippen molar-refractivity contribution in [1.29, 1.82) is 0 Å². The molecule has 7 heteroatoms. The molecule has 1 unspecified atom stereocenters. The number of phenols is 1. The Kier molecular flexibility index (Phi) is 6.17. The maximum Gasteiger partial charge on any atom is 0.191 e. The van der Waals surface area contributed by atoms with Crippen LogP contribution in [0.3, 0.4) is 0 Å². The number of nitrogens with one attached hydrogen (secondary N) is 2. The number of anilines is 1. The van der Waals surface area contributed by atoms with Crippen molar-refractivity contribution in [2.75, 3.05) is 24.5 Å². The fraction of sp³-hybridized carbons (Fsp3) is 0.368. The fourth-order valence-corrected chi connectivity index (χ4v) is 3.26. The van der Waals surface area contributed by atoms with E-state index in [1.54, 1.807) is 18.3 Å². The summed E-state index contributed by atoms with van der Waals surface area (Å²) in [4.78, 5) is 11.2. The van der Waals surface area contributed by atoms with Crippen molar-refractivity contribution in [3.05, 3.63) is 53.2 Å². The summed E-state index contributed by atoms with van der Waals surface area (Å²) >= 11 is 6.26. The number of aliphatic imine (C=N–C) groups is 1. The highest BCUT2D eigenvalue weighted by molar-refractivity contribution is 6.32. The average molecular weight is 374 g/mol. The number of phenolic OH excluding ortho intramolecular Hbond substituents is 1. The Balaban J connectivity index is 1.61. The molecule has 2 heterocycles. The van der Waals surface area contributed by atoms with Crippen LogP contribution in [0.5, 0.6) is 5.75 Å². The van der Waals surface area contributed by atoms with E-state index in [1.807, 2.05) is 31.2 Å². The minimum Gasteiger partial charge on any atom is -0.508 e. The Bertz CT molecular complexity index is 767. The molecule has 1 fully saturated rings. The molecule has 1 aromatic heterocycles. The van der Waals surface area contributed by atoms with Gasteiger partial charge < -0.3 is 20.6 Å². The molecule has 0 aliphatic carbocycles. The van der Waals surface area contributed by atoms with Gasteiger partial charge in [0.25, 0.3) is 0 Å². The van der Waals surface area contributed by atoms with Gasteiger partial charge in [-0.1, -0.05) is 23.7 Å². The lowest BCUT2D eigenvalue weighted by Gasteiger charge is -2.20. The predicted molar refractivity (Wildman–Crippen MR) is 106 cm³/mol. The first-order valence-corrected chi connectivity index (χ1v) is 9.21. The van der Waals surface area contributed by atoms with Crippen LogP contribution in [-0.2, 0) is 6.54 Å². The number of nitrogens with zero attached hydrogens (tertiary/aromatic N) is 3. The Morgan fingerprint density at radius 2 is 2.27 bits per heavy atom. The molecule has 1 aliphatic rings. The summed E-state index contributed by atoms with van der Waals surface area (Å²) in [7, 11) is 0. The van der Waals surface area contributed by atoms with E-state index in [2.05, 4.69) is 25.5 Å². The van der Waals surface area contributed by atoms with Gasteiger partial charge in [0.15, 0.2) is 5.96 Å². The van der Waals surface area contributed by atoms with Gasteiger partial charge in [0.05, 0.1) is 11.6 Å². The van der Waals surface area contributed by atoms with E-state index in [0.717, 1.165) is 43.4 Å². The zero-order valence-electron chi connectivity index (χ0n) is 14.8. The zero-order chi connectivity index (χ0) is 18.4. The Labute approximate surface area is 158 Å². The largest absolute Gasteiger partial charge is 0.508 e. The van der Waals surface area contributed by atoms with E-state index in [9.17, 15) is 5.11 Å². The average Bonchev–Trinajstić information content (AvgIpc) is 3.09. The molecule has 6 nitrogen and oxygen atoms in total. The van der Waals surface area contributed by atoms with Gasteiger partial charge in [-0.3, -0.25) is 0 Å². The third-order valence-electron chi connectivity index (χ3n) is 4.24. The summed E-state index contributed by atoms with van der Waals surface area (Å²) in [6.07, 6.45) is 2.76. The standard InChI is InChI=1S/C19H24ClN5O/c1-2-21-19(23-12-14-5-3-6-16(26)11-14)24-15-8-10-25(13-15)18-17(20)7-4-9-22-18/h3-7,9,11,15,26H,2,8,10,12-13H2,1H3,(H2,21,23,24). The molecule has 0 spiro atoms. The van der Waals surface area contributed by atoms with Crippen molar-refractivity contribution in [3.8, 4) is 5.75 Å². The second-order valence-electron chi connectivity index (χ2n) is 6.25. The molecule has 1 saturated heterocycles. The molecule has 138 valence electrons. The number of aromatic hydroxyl groups is 1. The zero-order valence-corrected chi connectivity index (χ0v) is 15.6. The van der Waals surface area contributed by atoms with Crippen LogP contribution >= 0.6 is 11.6 Å². The van der Waals surface area contributed by atoms with E-state index in [0.29, 0.717) is 11.6 Å². The molecule has 0 radical (unpaired) electrons. The van der Waals surface area contributed by atoms with Crippen LogP contribution in [0.4, 0.5) is 5.82 Å². The molecule has 3 N–H and O–H groups in total. The lowest BCUT2D eigenvalue weighted by Crippen LogP contribution is -2.44. The first-order chi connectivity index (χ1) is 12.7. The Morgan fingerprint density at radius 1 is 1.38 bits per heavy atom. The molecule has 0 saturated carbocycles. The van der Waals surface area contributed by atoms with Crippen molar-refractivity contribution in [2.24, 2.45) is 4.99 Å². The van der Waals surface area contributed by atoms with Crippen LogP contribution in [-0.4, -0.2) is 41.7 Å².